The minimum atomic E-state index is -1.01. The van der Waals surface area contributed by atoms with E-state index in [-0.39, 0.29) is 17.9 Å². The Hall–Kier alpha value is -2.78. The van der Waals surface area contributed by atoms with Crippen molar-refractivity contribution >= 4 is 17.6 Å². The van der Waals surface area contributed by atoms with Crippen molar-refractivity contribution in [3.8, 4) is 0 Å². The molecule has 0 aromatic heterocycles. The van der Waals surface area contributed by atoms with E-state index in [0.717, 1.165) is 0 Å². The molecule has 0 saturated heterocycles. The Bertz CT molecular complexity index is 745. The van der Waals surface area contributed by atoms with E-state index in [2.05, 4.69) is 0 Å². The largest absolute Gasteiger partial charge is 0.463 e. The predicted molar refractivity (Wildman–Crippen MR) is 102 cm³/mol. The van der Waals surface area contributed by atoms with Crippen LogP contribution in [0.3, 0.4) is 0 Å². The van der Waals surface area contributed by atoms with E-state index >= 15 is 0 Å². The highest BCUT2D eigenvalue weighted by molar-refractivity contribution is 5.89. The summed E-state index contributed by atoms with van der Waals surface area (Å²) < 4.78 is 16.4. The number of aliphatic hydroxyl groups is 1. The lowest BCUT2D eigenvalue weighted by Gasteiger charge is -2.30. The summed E-state index contributed by atoms with van der Waals surface area (Å²) in [5.41, 5.74) is 0.0834. The van der Waals surface area contributed by atoms with Gasteiger partial charge >= 0.3 is 11.9 Å². The summed E-state index contributed by atoms with van der Waals surface area (Å²) in [5.74, 6) is -1.10. The van der Waals surface area contributed by atoms with Crippen molar-refractivity contribution in [2.45, 2.75) is 57.5 Å². The van der Waals surface area contributed by atoms with Crippen LogP contribution in [0.4, 0.5) is 5.69 Å². The fraction of sp³-hybridized carbons (Fsp3) is 0.500. The molecular weight excluding hydrogens is 382 g/mol. The summed E-state index contributed by atoms with van der Waals surface area (Å²) in [6, 6.07) is 5.16. The molecule has 29 heavy (non-hydrogen) atoms. The molecule has 0 saturated carbocycles. The van der Waals surface area contributed by atoms with Crippen LogP contribution in [0.25, 0.3) is 0 Å². The highest BCUT2D eigenvalue weighted by atomic mass is 16.6. The zero-order chi connectivity index (χ0) is 21.4. The van der Waals surface area contributed by atoms with Gasteiger partial charge in [0.2, 0.25) is 0 Å². The number of hydrogen-bond donors (Lipinski definition) is 1. The molecule has 1 N–H and O–H groups in total. The van der Waals surface area contributed by atoms with Gasteiger partial charge < -0.3 is 19.3 Å². The van der Waals surface area contributed by atoms with Crippen LogP contribution in [0.5, 0.6) is 0 Å². The second-order valence-corrected chi connectivity index (χ2v) is 6.68. The van der Waals surface area contributed by atoms with Crippen molar-refractivity contribution in [1.82, 2.24) is 0 Å². The average molecular weight is 407 g/mol. The molecule has 4 atom stereocenters. The van der Waals surface area contributed by atoms with Gasteiger partial charge in [0.05, 0.1) is 22.7 Å². The first kappa shape index (κ1) is 22.5. The molecule has 0 aliphatic carbocycles. The van der Waals surface area contributed by atoms with Crippen LogP contribution in [0, 0.1) is 10.1 Å². The number of aliphatic hydroxyl groups excluding tert-OH is 1. The zero-order valence-electron chi connectivity index (χ0n) is 16.4. The van der Waals surface area contributed by atoms with Gasteiger partial charge in [-0.15, -0.1) is 0 Å². The van der Waals surface area contributed by atoms with E-state index in [9.17, 15) is 24.8 Å². The third-order valence-corrected chi connectivity index (χ3v) is 4.53. The molecule has 158 valence electrons. The molecule has 1 aliphatic heterocycles. The molecule has 1 aliphatic rings. The number of esters is 2. The van der Waals surface area contributed by atoms with Crippen LogP contribution in [-0.2, 0) is 19.0 Å². The Labute approximate surface area is 168 Å². The van der Waals surface area contributed by atoms with Crippen LogP contribution in [0.1, 0.15) is 43.5 Å². The van der Waals surface area contributed by atoms with Crippen LogP contribution in [-0.4, -0.2) is 53.0 Å². The Morgan fingerprint density at radius 2 is 1.86 bits per heavy atom. The van der Waals surface area contributed by atoms with E-state index in [1.165, 1.54) is 31.2 Å². The second-order valence-electron chi connectivity index (χ2n) is 6.68. The molecule has 0 unspecified atom stereocenters. The van der Waals surface area contributed by atoms with Crippen molar-refractivity contribution in [3.63, 3.8) is 0 Å². The first-order chi connectivity index (χ1) is 13.8. The third kappa shape index (κ3) is 6.65. The Balaban J connectivity index is 2.03. The second kappa shape index (κ2) is 10.7. The quantitative estimate of drug-likeness (QED) is 0.302. The average Bonchev–Trinajstić information content (AvgIpc) is 2.96. The van der Waals surface area contributed by atoms with Crippen molar-refractivity contribution in [3.05, 3.63) is 52.1 Å². The van der Waals surface area contributed by atoms with Crippen molar-refractivity contribution in [1.29, 1.82) is 0 Å². The third-order valence-electron chi connectivity index (χ3n) is 4.53. The van der Waals surface area contributed by atoms with Crippen LogP contribution in [0.15, 0.2) is 36.4 Å². The van der Waals surface area contributed by atoms with Gasteiger partial charge in [-0.2, -0.15) is 0 Å². The first-order valence-electron chi connectivity index (χ1n) is 9.39. The number of carbonyl (C=O) groups excluding carboxylic acids is 2. The molecule has 1 aromatic carbocycles. The van der Waals surface area contributed by atoms with Gasteiger partial charge in [0, 0.05) is 19.1 Å². The molecule has 0 radical (unpaired) electrons. The van der Waals surface area contributed by atoms with Gasteiger partial charge in [0.1, 0.15) is 18.8 Å². The highest BCUT2D eigenvalue weighted by Gasteiger charge is 2.31. The van der Waals surface area contributed by atoms with Gasteiger partial charge in [0.15, 0.2) is 0 Å². The maximum atomic E-state index is 12.4. The SMILES string of the molecule is CC[C@H](OC(=O)c1ccc([N+](=O)[O-])cc1)[C@@H]1CC=CC[C@H]([C@H](O)COC(C)=O)O1. The summed E-state index contributed by atoms with van der Waals surface area (Å²) in [7, 11) is 0. The number of ether oxygens (including phenoxy) is 3. The highest BCUT2D eigenvalue weighted by Crippen LogP contribution is 2.23. The number of nitro benzene ring substituents is 1. The normalized spacial score (nSPS) is 20.9. The minimum Gasteiger partial charge on any atom is -0.463 e. The van der Waals surface area contributed by atoms with Crippen molar-refractivity contribution < 1.29 is 33.8 Å². The molecule has 2 rings (SSSR count). The Kier molecular flexibility index (Phi) is 8.29. The minimum absolute atomic E-state index is 0.115. The topological polar surface area (TPSA) is 125 Å². The van der Waals surface area contributed by atoms with Crippen LogP contribution >= 0.6 is 0 Å². The molecule has 0 bridgehead atoms. The number of rotatable bonds is 8. The Morgan fingerprint density at radius 1 is 1.24 bits per heavy atom. The number of nitrogens with zero attached hydrogens (tertiary/aromatic N) is 1. The first-order valence-corrected chi connectivity index (χ1v) is 9.39. The van der Waals surface area contributed by atoms with Gasteiger partial charge in [-0.05, 0) is 31.4 Å². The predicted octanol–water partition coefficient (Wildman–Crippen LogP) is 2.56. The molecule has 0 amide bonds. The van der Waals surface area contributed by atoms with Gasteiger partial charge in [-0.25, -0.2) is 4.79 Å². The standard InChI is InChI=1S/C20H25NO8/c1-3-17(29-20(24)14-8-10-15(11-9-14)21(25)26)19-7-5-4-6-18(28-19)16(23)12-27-13(2)22/h4-5,8-11,16-19,23H,3,6-7,12H2,1-2H3/t16-,17+,18-,19+/m1/s1. The van der Waals surface area contributed by atoms with Gasteiger partial charge in [0.25, 0.3) is 5.69 Å². The lowest BCUT2D eigenvalue weighted by molar-refractivity contribution is -0.384. The van der Waals surface area contributed by atoms with Crippen molar-refractivity contribution in [2.75, 3.05) is 6.61 Å². The Morgan fingerprint density at radius 3 is 2.41 bits per heavy atom. The van der Waals surface area contributed by atoms with Crippen LogP contribution < -0.4 is 0 Å². The smallest absolute Gasteiger partial charge is 0.338 e. The number of hydrogen-bond acceptors (Lipinski definition) is 8. The molecule has 0 spiro atoms. The molecule has 0 fully saturated rings. The maximum absolute atomic E-state index is 12.4. The van der Waals surface area contributed by atoms with Gasteiger partial charge in [-0.3, -0.25) is 14.9 Å². The van der Waals surface area contributed by atoms with Crippen molar-refractivity contribution in [2.24, 2.45) is 0 Å². The summed E-state index contributed by atoms with van der Waals surface area (Å²) in [6.07, 6.45) is 2.48. The lowest BCUT2D eigenvalue weighted by Crippen LogP contribution is -2.40. The van der Waals surface area contributed by atoms with E-state index in [0.29, 0.717) is 19.3 Å². The zero-order valence-corrected chi connectivity index (χ0v) is 16.4. The summed E-state index contributed by atoms with van der Waals surface area (Å²) >= 11 is 0. The van der Waals surface area contributed by atoms with Crippen LogP contribution in [0.2, 0.25) is 0 Å². The van der Waals surface area contributed by atoms with E-state index in [1.54, 1.807) is 0 Å². The van der Waals surface area contributed by atoms with E-state index in [1.807, 2.05) is 19.1 Å². The van der Waals surface area contributed by atoms with Gasteiger partial charge in [-0.1, -0.05) is 19.1 Å². The summed E-state index contributed by atoms with van der Waals surface area (Å²) in [6.45, 7) is 2.92. The number of benzene rings is 1. The molecule has 1 heterocycles. The molecular formula is C20H25NO8. The molecule has 9 nitrogen and oxygen atoms in total. The number of non-ortho nitro benzene ring substituents is 1. The van der Waals surface area contributed by atoms with E-state index in [4.69, 9.17) is 14.2 Å². The number of carbonyl (C=O) groups is 2. The summed E-state index contributed by atoms with van der Waals surface area (Å²) in [4.78, 5) is 33.6. The molecule has 9 heteroatoms. The fourth-order valence-corrected chi connectivity index (χ4v) is 2.94. The number of nitro groups is 1. The summed E-state index contributed by atoms with van der Waals surface area (Å²) in [5, 5.41) is 21.0. The maximum Gasteiger partial charge on any atom is 0.338 e. The molecule has 1 aromatic rings. The lowest BCUT2D eigenvalue weighted by atomic mass is 10.1. The van der Waals surface area contributed by atoms with E-state index < -0.39 is 41.3 Å². The monoisotopic (exact) mass is 407 g/mol. The fourth-order valence-electron chi connectivity index (χ4n) is 2.94.